The topological polar surface area (TPSA) is 55.1 Å². The maximum atomic E-state index is 11.3. The van der Waals surface area contributed by atoms with Gasteiger partial charge in [0.2, 0.25) is 5.91 Å². The zero-order valence-corrected chi connectivity index (χ0v) is 9.26. The second kappa shape index (κ2) is 6.43. The SMILES string of the molecule is NCCNC(=O)CCc1ccccc1Cl. The quantitative estimate of drug-likeness (QED) is 0.797. The fourth-order valence-corrected chi connectivity index (χ4v) is 1.48. The van der Waals surface area contributed by atoms with Gasteiger partial charge in [0.1, 0.15) is 0 Å². The molecule has 0 aliphatic heterocycles. The molecule has 0 atom stereocenters. The minimum absolute atomic E-state index is 0.0142. The lowest BCUT2D eigenvalue weighted by atomic mass is 10.1. The summed E-state index contributed by atoms with van der Waals surface area (Å²) in [5, 5.41) is 3.43. The molecule has 0 aliphatic rings. The number of carbonyl (C=O) groups excluding carboxylic acids is 1. The molecule has 0 saturated carbocycles. The minimum atomic E-state index is 0.0142. The summed E-state index contributed by atoms with van der Waals surface area (Å²) in [5.74, 6) is 0.0142. The molecule has 0 heterocycles. The van der Waals surface area contributed by atoms with E-state index in [1.165, 1.54) is 0 Å². The molecule has 0 spiro atoms. The fraction of sp³-hybridized carbons (Fsp3) is 0.364. The molecule has 1 aromatic carbocycles. The van der Waals surface area contributed by atoms with Crippen LogP contribution in [0.15, 0.2) is 24.3 Å². The molecule has 82 valence electrons. The van der Waals surface area contributed by atoms with Gasteiger partial charge in [-0.05, 0) is 18.1 Å². The van der Waals surface area contributed by atoms with Crippen LogP contribution in [0.2, 0.25) is 5.02 Å². The van der Waals surface area contributed by atoms with Gasteiger partial charge in [0.05, 0.1) is 0 Å². The van der Waals surface area contributed by atoms with E-state index in [4.69, 9.17) is 17.3 Å². The Morgan fingerprint density at radius 1 is 1.40 bits per heavy atom. The van der Waals surface area contributed by atoms with Crippen LogP contribution in [-0.2, 0) is 11.2 Å². The van der Waals surface area contributed by atoms with Gasteiger partial charge in [-0.3, -0.25) is 4.79 Å². The second-order valence-electron chi connectivity index (χ2n) is 3.23. The van der Waals surface area contributed by atoms with Crippen LogP contribution in [-0.4, -0.2) is 19.0 Å². The van der Waals surface area contributed by atoms with Crippen LogP contribution < -0.4 is 11.1 Å². The molecule has 4 heteroatoms. The zero-order valence-electron chi connectivity index (χ0n) is 8.50. The van der Waals surface area contributed by atoms with Gasteiger partial charge in [0.15, 0.2) is 0 Å². The highest BCUT2D eigenvalue weighted by Crippen LogP contribution is 2.16. The summed E-state index contributed by atoms with van der Waals surface area (Å²) in [7, 11) is 0. The summed E-state index contributed by atoms with van der Waals surface area (Å²) < 4.78 is 0. The number of halogens is 1. The van der Waals surface area contributed by atoms with Crippen LogP contribution in [0.1, 0.15) is 12.0 Å². The summed E-state index contributed by atoms with van der Waals surface area (Å²) in [6, 6.07) is 7.55. The van der Waals surface area contributed by atoms with Crippen molar-refractivity contribution >= 4 is 17.5 Å². The predicted octanol–water partition coefficient (Wildman–Crippen LogP) is 1.35. The van der Waals surface area contributed by atoms with Crippen molar-refractivity contribution in [3.8, 4) is 0 Å². The van der Waals surface area contributed by atoms with Crippen molar-refractivity contribution in [2.45, 2.75) is 12.8 Å². The lowest BCUT2D eigenvalue weighted by Crippen LogP contribution is -2.29. The monoisotopic (exact) mass is 226 g/mol. The first-order valence-corrected chi connectivity index (χ1v) is 5.32. The zero-order chi connectivity index (χ0) is 11.1. The fourth-order valence-electron chi connectivity index (χ4n) is 1.25. The number of amides is 1. The molecule has 1 aromatic rings. The highest BCUT2D eigenvalue weighted by molar-refractivity contribution is 6.31. The number of hydrogen-bond acceptors (Lipinski definition) is 2. The Kier molecular flexibility index (Phi) is 5.15. The van der Waals surface area contributed by atoms with Crippen LogP contribution in [0.5, 0.6) is 0 Å². The maximum Gasteiger partial charge on any atom is 0.220 e. The van der Waals surface area contributed by atoms with Gasteiger partial charge in [-0.1, -0.05) is 29.8 Å². The van der Waals surface area contributed by atoms with E-state index in [0.29, 0.717) is 31.0 Å². The van der Waals surface area contributed by atoms with Gasteiger partial charge >= 0.3 is 0 Å². The molecular weight excluding hydrogens is 212 g/mol. The number of carbonyl (C=O) groups is 1. The van der Waals surface area contributed by atoms with Crippen molar-refractivity contribution in [2.75, 3.05) is 13.1 Å². The van der Waals surface area contributed by atoms with Crippen LogP contribution in [0.3, 0.4) is 0 Å². The molecule has 1 amide bonds. The van der Waals surface area contributed by atoms with Gasteiger partial charge in [-0.25, -0.2) is 0 Å². The molecule has 3 N–H and O–H groups in total. The molecular formula is C11H15ClN2O. The molecule has 0 aliphatic carbocycles. The maximum absolute atomic E-state index is 11.3. The van der Waals surface area contributed by atoms with Crippen LogP contribution in [0, 0.1) is 0 Å². The van der Waals surface area contributed by atoms with E-state index in [-0.39, 0.29) is 5.91 Å². The lowest BCUT2D eigenvalue weighted by molar-refractivity contribution is -0.120. The largest absolute Gasteiger partial charge is 0.355 e. The van der Waals surface area contributed by atoms with Crippen molar-refractivity contribution in [3.05, 3.63) is 34.9 Å². The number of hydrogen-bond donors (Lipinski definition) is 2. The Morgan fingerprint density at radius 2 is 2.13 bits per heavy atom. The third-order valence-corrected chi connectivity index (χ3v) is 2.41. The average Bonchev–Trinajstić information content (AvgIpc) is 2.25. The molecule has 0 fully saturated rings. The van der Waals surface area contributed by atoms with Crippen molar-refractivity contribution in [1.29, 1.82) is 0 Å². The highest BCUT2D eigenvalue weighted by atomic mass is 35.5. The number of aryl methyl sites for hydroxylation is 1. The van der Waals surface area contributed by atoms with Crippen LogP contribution in [0.25, 0.3) is 0 Å². The van der Waals surface area contributed by atoms with Crippen molar-refractivity contribution in [2.24, 2.45) is 5.73 Å². The minimum Gasteiger partial charge on any atom is -0.355 e. The second-order valence-corrected chi connectivity index (χ2v) is 3.64. The van der Waals surface area contributed by atoms with Crippen molar-refractivity contribution in [1.82, 2.24) is 5.32 Å². The normalized spacial score (nSPS) is 10.0. The molecule has 0 aromatic heterocycles. The smallest absolute Gasteiger partial charge is 0.220 e. The lowest BCUT2D eigenvalue weighted by Gasteiger charge is -2.04. The molecule has 0 saturated heterocycles. The Bertz CT molecular complexity index is 328. The summed E-state index contributed by atoms with van der Waals surface area (Å²) >= 11 is 5.96. The third-order valence-electron chi connectivity index (χ3n) is 2.05. The Labute approximate surface area is 94.6 Å². The highest BCUT2D eigenvalue weighted by Gasteiger charge is 2.03. The summed E-state index contributed by atoms with van der Waals surface area (Å²) in [5.41, 5.74) is 6.27. The van der Waals surface area contributed by atoms with Gasteiger partial charge in [0, 0.05) is 24.5 Å². The van der Waals surface area contributed by atoms with E-state index in [1.807, 2.05) is 24.3 Å². The molecule has 0 bridgehead atoms. The van der Waals surface area contributed by atoms with E-state index < -0.39 is 0 Å². The van der Waals surface area contributed by atoms with Crippen molar-refractivity contribution < 1.29 is 4.79 Å². The van der Waals surface area contributed by atoms with Gasteiger partial charge in [-0.2, -0.15) is 0 Å². The van der Waals surface area contributed by atoms with Gasteiger partial charge in [-0.15, -0.1) is 0 Å². The standard InChI is InChI=1S/C11H15ClN2O/c12-10-4-2-1-3-9(10)5-6-11(15)14-8-7-13/h1-4H,5-8,13H2,(H,14,15). The average molecular weight is 227 g/mol. The third kappa shape index (κ3) is 4.32. The summed E-state index contributed by atoms with van der Waals surface area (Å²) in [6.45, 7) is 0.999. The van der Waals surface area contributed by atoms with E-state index in [9.17, 15) is 4.79 Å². The van der Waals surface area contributed by atoms with Gasteiger partial charge < -0.3 is 11.1 Å². The van der Waals surface area contributed by atoms with E-state index in [1.54, 1.807) is 0 Å². The van der Waals surface area contributed by atoms with Crippen LogP contribution >= 0.6 is 11.6 Å². The molecule has 0 radical (unpaired) electrons. The Balaban J connectivity index is 2.37. The molecule has 3 nitrogen and oxygen atoms in total. The Morgan fingerprint density at radius 3 is 2.80 bits per heavy atom. The summed E-state index contributed by atoms with van der Waals surface area (Å²) in [4.78, 5) is 11.3. The number of benzene rings is 1. The Hall–Kier alpha value is -1.06. The number of nitrogens with one attached hydrogen (secondary N) is 1. The number of rotatable bonds is 5. The van der Waals surface area contributed by atoms with Crippen molar-refractivity contribution in [3.63, 3.8) is 0 Å². The van der Waals surface area contributed by atoms with E-state index in [0.717, 1.165) is 5.56 Å². The predicted molar refractivity (Wildman–Crippen MR) is 61.8 cm³/mol. The first-order chi connectivity index (χ1) is 7.24. The molecule has 15 heavy (non-hydrogen) atoms. The number of nitrogens with two attached hydrogens (primary N) is 1. The molecule has 0 unspecified atom stereocenters. The summed E-state index contributed by atoms with van der Waals surface area (Å²) in [6.07, 6.45) is 1.11. The first kappa shape index (κ1) is 12.0. The van der Waals surface area contributed by atoms with E-state index >= 15 is 0 Å². The first-order valence-electron chi connectivity index (χ1n) is 4.94. The molecule has 1 rings (SSSR count). The van der Waals surface area contributed by atoms with Gasteiger partial charge in [0.25, 0.3) is 0 Å². The van der Waals surface area contributed by atoms with E-state index in [2.05, 4.69) is 5.32 Å². The van der Waals surface area contributed by atoms with Crippen LogP contribution in [0.4, 0.5) is 0 Å².